The van der Waals surface area contributed by atoms with Gasteiger partial charge in [-0.3, -0.25) is 4.79 Å². The molecule has 0 aromatic heterocycles. The van der Waals surface area contributed by atoms with Gasteiger partial charge in [0.15, 0.2) is 0 Å². The quantitative estimate of drug-likeness (QED) is 0.869. The fourth-order valence-corrected chi connectivity index (χ4v) is 2.21. The fraction of sp³-hybridized carbons (Fsp3) is 0.562. The van der Waals surface area contributed by atoms with E-state index in [9.17, 15) is 4.79 Å². The largest absolute Gasteiger partial charge is 0.493 e. The number of hydrogen-bond acceptors (Lipinski definition) is 3. The van der Waals surface area contributed by atoms with Crippen molar-refractivity contribution in [2.24, 2.45) is 5.41 Å². The van der Waals surface area contributed by atoms with Gasteiger partial charge in [-0.25, -0.2) is 0 Å². The molecule has 110 valence electrons. The minimum absolute atomic E-state index is 0.00805. The highest BCUT2D eigenvalue weighted by Gasteiger charge is 2.29. The van der Waals surface area contributed by atoms with Crippen LogP contribution < -0.4 is 15.4 Å². The Balaban J connectivity index is 2.03. The lowest BCUT2D eigenvalue weighted by atomic mass is 9.93. The Hall–Kier alpha value is -1.55. The predicted octanol–water partition coefficient (Wildman–Crippen LogP) is 3.10. The first kappa shape index (κ1) is 14.9. The zero-order chi connectivity index (χ0) is 14.8. The van der Waals surface area contributed by atoms with Gasteiger partial charge < -0.3 is 15.4 Å². The third kappa shape index (κ3) is 3.51. The second-order valence-electron chi connectivity index (χ2n) is 6.39. The molecule has 1 amide bonds. The number of fused-ring (bicyclic) bond motifs is 1. The van der Waals surface area contributed by atoms with E-state index in [1.165, 1.54) is 0 Å². The average Bonchev–Trinajstić information content (AvgIpc) is 2.64. The van der Waals surface area contributed by atoms with Crippen LogP contribution in [-0.2, 0) is 4.79 Å². The van der Waals surface area contributed by atoms with Gasteiger partial charge in [0.25, 0.3) is 0 Å². The summed E-state index contributed by atoms with van der Waals surface area (Å²) < 4.78 is 5.77. The van der Waals surface area contributed by atoms with Crippen molar-refractivity contribution in [3.8, 4) is 5.75 Å². The number of benzene rings is 1. The van der Waals surface area contributed by atoms with Gasteiger partial charge in [0.05, 0.1) is 6.61 Å². The molecule has 0 aliphatic carbocycles. The summed E-state index contributed by atoms with van der Waals surface area (Å²) in [7, 11) is 0. The van der Waals surface area contributed by atoms with Crippen molar-refractivity contribution in [3.05, 3.63) is 23.8 Å². The molecular formula is C16H24N2O2. The van der Waals surface area contributed by atoms with Crippen LogP contribution in [-0.4, -0.2) is 19.1 Å². The van der Waals surface area contributed by atoms with Crippen LogP contribution in [0.4, 0.5) is 5.69 Å². The van der Waals surface area contributed by atoms with E-state index in [4.69, 9.17) is 4.74 Å². The number of hydrogen-bond donors (Lipinski definition) is 2. The molecule has 1 aliphatic heterocycles. The van der Waals surface area contributed by atoms with Crippen molar-refractivity contribution < 1.29 is 9.53 Å². The summed E-state index contributed by atoms with van der Waals surface area (Å²) >= 11 is 0. The van der Waals surface area contributed by atoms with Gasteiger partial charge in [0, 0.05) is 17.3 Å². The summed E-state index contributed by atoms with van der Waals surface area (Å²) in [6.07, 6.45) is 0.996. The number of amides is 1. The van der Waals surface area contributed by atoms with E-state index < -0.39 is 0 Å². The lowest BCUT2D eigenvalue weighted by molar-refractivity contribution is -0.117. The number of carbonyl (C=O) groups excluding carboxylic acids is 1. The monoisotopic (exact) mass is 276 g/mol. The predicted molar refractivity (Wildman–Crippen MR) is 81.1 cm³/mol. The Morgan fingerprint density at radius 2 is 2.10 bits per heavy atom. The molecule has 0 saturated carbocycles. The highest BCUT2D eigenvalue weighted by molar-refractivity contribution is 6.02. The van der Waals surface area contributed by atoms with Gasteiger partial charge in [0.2, 0.25) is 5.91 Å². The Kier molecular flexibility index (Phi) is 4.33. The molecule has 20 heavy (non-hydrogen) atoms. The Morgan fingerprint density at radius 1 is 1.35 bits per heavy atom. The molecule has 0 bridgehead atoms. The smallest absolute Gasteiger partial charge is 0.246 e. The van der Waals surface area contributed by atoms with Gasteiger partial charge in [-0.1, -0.05) is 33.8 Å². The molecule has 2 N–H and O–H groups in total. The molecule has 4 heteroatoms. The third-order valence-electron chi connectivity index (χ3n) is 3.38. The Labute approximate surface area is 120 Å². The van der Waals surface area contributed by atoms with E-state index in [0.717, 1.165) is 30.0 Å². The Bertz CT molecular complexity index is 492. The van der Waals surface area contributed by atoms with Gasteiger partial charge in [-0.2, -0.15) is 0 Å². The minimum atomic E-state index is -0.237. The lowest BCUT2D eigenvalue weighted by Gasteiger charge is -2.18. The molecule has 1 aromatic carbocycles. The summed E-state index contributed by atoms with van der Waals surface area (Å²) in [6, 6.07) is 5.57. The van der Waals surface area contributed by atoms with Crippen LogP contribution in [0.1, 0.15) is 45.7 Å². The second-order valence-corrected chi connectivity index (χ2v) is 6.39. The molecule has 1 heterocycles. The minimum Gasteiger partial charge on any atom is -0.493 e. The van der Waals surface area contributed by atoms with E-state index in [1.807, 2.05) is 25.1 Å². The van der Waals surface area contributed by atoms with Crippen LogP contribution in [0.25, 0.3) is 0 Å². The van der Waals surface area contributed by atoms with Crippen LogP contribution in [0.2, 0.25) is 0 Å². The molecule has 1 unspecified atom stereocenters. The first-order valence-electron chi connectivity index (χ1n) is 7.22. The van der Waals surface area contributed by atoms with Crippen molar-refractivity contribution in [3.63, 3.8) is 0 Å². The SMILES string of the molecule is CCNC1C(=O)Nc2cc(OCCC(C)(C)C)ccc21. The lowest BCUT2D eigenvalue weighted by Crippen LogP contribution is -2.27. The maximum atomic E-state index is 11.9. The van der Waals surface area contributed by atoms with Crippen molar-refractivity contribution >= 4 is 11.6 Å². The van der Waals surface area contributed by atoms with Crippen molar-refractivity contribution in [2.75, 3.05) is 18.5 Å². The maximum absolute atomic E-state index is 11.9. The standard InChI is InChI=1S/C16H24N2O2/c1-5-17-14-12-7-6-11(10-13(12)18-15(14)19)20-9-8-16(2,3)4/h6-7,10,14,17H,5,8-9H2,1-4H3,(H,18,19). The zero-order valence-corrected chi connectivity index (χ0v) is 12.7. The summed E-state index contributed by atoms with van der Waals surface area (Å²) in [5.74, 6) is 0.819. The van der Waals surface area contributed by atoms with Crippen LogP contribution in [0.5, 0.6) is 5.75 Å². The van der Waals surface area contributed by atoms with Gasteiger partial charge in [0.1, 0.15) is 11.8 Å². The number of nitrogens with one attached hydrogen (secondary N) is 2. The van der Waals surface area contributed by atoms with E-state index in [2.05, 4.69) is 31.4 Å². The Morgan fingerprint density at radius 3 is 2.75 bits per heavy atom. The molecular weight excluding hydrogens is 252 g/mol. The highest BCUT2D eigenvalue weighted by atomic mass is 16.5. The highest BCUT2D eigenvalue weighted by Crippen LogP contribution is 2.33. The molecule has 1 atom stereocenters. The van der Waals surface area contributed by atoms with Crippen LogP contribution in [0, 0.1) is 5.41 Å². The number of likely N-dealkylation sites (N-methyl/N-ethyl adjacent to an activating group) is 1. The third-order valence-corrected chi connectivity index (χ3v) is 3.38. The molecule has 0 fully saturated rings. The van der Waals surface area contributed by atoms with E-state index >= 15 is 0 Å². The summed E-state index contributed by atoms with van der Waals surface area (Å²) in [4.78, 5) is 11.9. The van der Waals surface area contributed by atoms with Crippen molar-refractivity contribution in [1.29, 1.82) is 0 Å². The summed E-state index contributed by atoms with van der Waals surface area (Å²) in [6.45, 7) is 10.0. The van der Waals surface area contributed by atoms with Crippen LogP contribution in [0.3, 0.4) is 0 Å². The first-order chi connectivity index (χ1) is 9.40. The van der Waals surface area contributed by atoms with E-state index in [0.29, 0.717) is 6.61 Å². The van der Waals surface area contributed by atoms with Crippen LogP contribution >= 0.6 is 0 Å². The molecule has 4 nitrogen and oxygen atoms in total. The number of anilines is 1. The van der Waals surface area contributed by atoms with E-state index in [-0.39, 0.29) is 17.4 Å². The van der Waals surface area contributed by atoms with Crippen LogP contribution in [0.15, 0.2) is 18.2 Å². The number of rotatable bonds is 5. The molecule has 0 radical (unpaired) electrons. The summed E-state index contributed by atoms with van der Waals surface area (Å²) in [5, 5.41) is 6.08. The van der Waals surface area contributed by atoms with Crippen molar-refractivity contribution in [1.82, 2.24) is 5.32 Å². The summed E-state index contributed by atoms with van der Waals surface area (Å²) in [5.41, 5.74) is 2.12. The maximum Gasteiger partial charge on any atom is 0.246 e. The average molecular weight is 276 g/mol. The topological polar surface area (TPSA) is 50.4 Å². The van der Waals surface area contributed by atoms with Gasteiger partial charge in [-0.05, 0) is 24.4 Å². The molecule has 0 saturated heterocycles. The van der Waals surface area contributed by atoms with E-state index in [1.54, 1.807) is 0 Å². The van der Waals surface area contributed by atoms with Gasteiger partial charge in [-0.15, -0.1) is 0 Å². The molecule has 2 rings (SSSR count). The second kappa shape index (κ2) is 5.83. The van der Waals surface area contributed by atoms with Crippen molar-refractivity contribution in [2.45, 2.75) is 40.2 Å². The number of carbonyl (C=O) groups is 1. The fourth-order valence-electron chi connectivity index (χ4n) is 2.21. The zero-order valence-electron chi connectivity index (χ0n) is 12.7. The molecule has 0 spiro atoms. The molecule has 1 aromatic rings. The first-order valence-corrected chi connectivity index (χ1v) is 7.22. The van der Waals surface area contributed by atoms with Gasteiger partial charge >= 0.3 is 0 Å². The number of ether oxygens (including phenoxy) is 1. The normalized spacial score (nSPS) is 17.8. The molecule has 1 aliphatic rings.